The molecule has 0 bridgehead atoms. The van der Waals surface area contributed by atoms with Crippen molar-refractivity contribution in [3.63, 3.8) is 0 Å². The van der Waals surface area contributed by atoms with E-state index in [0.29, 0.717) is 15.7 Å². The number of rotatable bonds is 4. The van der Waals surface area contributed by atoms with Crippen LogP contribution in [0.25, 0.3) is 5.57 Å². The maximum absolute atomic E-state index is 10.5. The highest BCUT2D eigenvalue weighted by molar-refractivity contribution is 7.18. The van der Waals surface area contributed by atoms with E-state index in [2.05, 4.69) is 15.3 Å². The number of nitrogens with zero attached hydrogens (tertiary/aromatic N) is 4. The largest absolute Gasteiger partial charge is 0.345 e. The zero-order chi connectivity index (χ0) is 13.8. The summed E-state index contributed by atoms with van der Waals surface area (Å²) in [4.78, 5) is 18.0. The van der Waals surface area contributed by atoms with E-state index >= 15 is 0 Å². The Kier molecular flexibility index (Phi) is 3.84. The van der Waals surface area contributed by atoms with E-state index in [-0.39, 0.29) is 5.00 Å². The van der Waals surface area contributed by atoms with Crippen LogP contribution in [0.3, 0.4) is 0 Å². The van der Waals surface area contributed by atoms with Crippen LogP contribution in [0.2, 0.25) is 0 Å². The van der Waals surface area contributed by atoms with E-state index in [0.717, 1.165) is 17.0 Å². The third-order valence-corrected chi connectivity index (χ3v) is 3.86. The standard InChI is InChI=1S/C10H7N5O2S2/c1-6-5-18-9(14-6)7(2-11)3-12-10-13-4-8(19-10)15(16)17/h3-5H,1H3,(H,12,13)/b7-3+. The van der Waals surface area contributed by atoms with Crippen molar-refractivity contribution in [1.82, 2.24) is 9.97 Å². The summed E-state index contributed by atoms with van der Waals surface area (Å²) in [5, 5.41) is 25.0. The number of nitriles is 1. The first-order valence-electron chi connectivity index (χ1n) is 4.99. The monoisotopic (exact) mass is 293 g/mol. The van der Waals surface area contributed by atoms with Crippen LogP contribution in [-0.2, 0) is 0 Å². The first kappa shape index (κ1) is 13.1. The van der Waals surface area contributed by atoms with Crippen molar-refractivity contribution in [3.8, 4) is 6.07 Å². The molecule has 1 N–H and O–H groups in total. The van der Waals surface area contributed by atoms with Crippen molar-refractivity contribution in [3.05, 3.63) is 38.6 Å². The normalized spacial score (nSPS) is 11.1. The summed E-state index contributed by atoms with van der Waals surface area (Å²) in [6.07, 6.45) is 2.61. The van der Waals surface area contributed by atoms with Crippen LogP contribution in [0, 0.1) is 28.4 Å². The molecule has 2 rings (SSSR count). The Morgan fingerprint density at radius 1 is 1.68 bits per heavy atom. The van der Waals surface area contributed by atoms with Gasteiger partial charge in [-0.1, -0.05) is 0 Å². The lowest BCUT2D eigenvalue weighted by Crippen LogP contribution is -1.89. The molecule has 0 atom stereocenters. The van der Waals surface area contributed by atoms with Gasteiger partial charge in [0.15, 0.2) is 5.13 Å². The van der Waals surface area contributed by atoms with Crippen LogP contribution in [0.15, 0.2) is 17.8 Å². The molecule has 9 heteroatoms. The van der Waals surface area contributed by atoms with E-state index < -0.39 is 4.92 Å². The van der Waals surface area contributed by atoms with Gasteiger partial charge in [-0.2, -0.15) is 5.26 Å². The molecule has 0 saturated heterocycles. The van der Waals surface area contributed by atoms with Crippen molar-refractivity contribution in [2.45, 2.75) is 6.92 Å². The predicted octanol–water partition coefficient (Wildman–Crippen LogP) is 2.79. The van der Waals surface area contributed by atoms with E-state index in [9.17, 15) is 10.1 Å². The highest BCUT2D eigenvalue weighted by Crippen LogP contribution is 2.26. The average molecular weight is 293 g/mol. The Balaban J connectivity index is 2.16. The molecule has 0 spiro atoms. The highest BCUT2D eigenvalue weighted by atomic mass is 32.1. The van der Waals surface area contributed by atoms with Gasteiger partial charge in [0, 0.05) is 17.3 Å². The summed E-state index contributed by atoms with van der Waals surface area (Å²) in [5.74, 6) is 0. The predicted molar refractivity (Wildman–Crippen MR) is 72.8 cm³/mol. The molecule has 2 aromatic rings. The number of thiazole rings is 2. The van der Waals surface area contributed by atoms with Crippen LogP contribution < -0.4 is 5.32 Å². The minimum atomic E-state index is -0.512. The summed E-state index contributed by atoms with van der Waals surface area (Å²) in [6, 6.07) is 2.02. The Bertz CT molecular complexity index is 682. The summed E-state index contributed by atoms with van der Waals surface area (Å²) in [7, 11) is 0. The molecule has 19 heavy (non-hydrogen) atoms. The van der Waals surface area contributed by atoms with E-state index in [4.69, 9.17) is 5.26 Å². The van der Waals surface area contributed by atoms with Crippen molar-refractivity contribution in [1.29, 1.82) is 5.26 Å². The molecule has 0 aromatic carbocycles. The van der Waals surface area contributed by atoms with Gasteiger partial charge in [0.05, 0.1) is 4.92 Å². The Morgan fingerprint density at radius 2 is 2.47 bits per heavy atom. The quantitative estimate of drug-likeness (QED) is 0.528. The van der Waals surface area contributed by atoms with Gasteiger partial charge in [0.25, 0.3) is 0 Å². The fourth-order valence-electron chi connectivity index (χ4n) is 1.17. The summed E-state index contributed by atoms with van der Waals surface area (Å²) < 4.78 is 0. The van der Waals surface area contributed by atoms with Crippen molar-refractivity contribution >= 4 is 38.4 Å². The molecule has 0 aliphatic heterocycles. The number of aryl methyl sites for hydroxylation is 1. The molecule has 2 heterocycles. The second-order valence-corrected chi connectivity index (χ2v) is 5.24. The third-order valence-electron chi connectivity index (χ3n) is 1.98. The summed E-state index contributed by atoms with van der Waals surface area (Å²) in [6.45, 7) is 1.84. The van der Waals surface area contributed by atoms with Crippen LogP contribution in [-0.4, -0.2) is 14.9 Å². The Hall–Kier alpha value is -2.31. The zero-order valence-corrected chi connectivity index (χ0v) is 11.3. The van der Waals surface area contributed by atoms with Crippen molar-refractivity contribution in [2.24, 2.45) is 0 Å². The Morgan fingerprint density at radius 3 is 3.00 bits per heavy atom. The topological polar surface area (TPSA) is 105 Å². The van der Waals surface area contributed by atoms with Gasteiger partial charge in [0.1, 0.15) is 22.8 Å². The fraction of sp³-hybridized carbons (Fsp3) is 0.100. The minimum absolute atomic E-state index is 0.0560. The molecule has 0 aliphatic rings. The highest BCUT2D eigenvalue weighted by Gasteiger charge is 2.11. The van der Waals surface area contributed by atoms with Gasteiger partial charge in [-0.15, -0.1) is 11.3 Å². The van der Waals surface area contributed by atoms with Gasteiger partial charge in [-0.05, 0) is 18.3 Å². The number of anilines is 1. The molecule has 0 fully saturated rings. The molecule has 0 radical (unpaired) electrons. The van der Waals surface area contributed by atoms with Crippen LogP contribution in [0.5, 0.6) is 0 Å². The number of hydrogen-bond acceptors (Lipinski definition) is 8. The number of nitrogens with one attached hydrogen (secondary N) is 1. The molecule has 0 amide bonds. The maximum atomic E-state index is 10.5. The summed E-state index contributed by atoms with van der Waals surface area (Å²) >= 11 is 2.26. The number of nitro groups is 1. The first-order valence-corrected chi connectivity index (χ1v) is 6.69. The van der Waals surface area contributed by atoms with E-state index in [1.807, 2.05) is 18.4 Å². The van der Waals surface area contributed by atoms with Gasteiger partial charge >= 0.3 is 5.00 Å². The molecular weight excluding hydrogens is 286 g/mol. The number of hydrogen-bond donors (Lipinski definition) is 1. The molecule has 0 saturated carbocycles. The summed E-state index contributed by atoms with van der Waals surface area (Å²) in [5.41, 5.74) is 1.20. The van der Waals surface area contributed by atoms with Crippen LogP contribution in [0.4, 0.5) is 10.1 Å². The third kappa shape index (κ3) is 3.12. The SMILES string of the molecule is Cc1csc(/C(C#N)=C/Nc2ncc([N+](=O)[O-])s2)n1. The molecule has 2 aromatic heterocycles. The zero-order valence-electron chi connectivity index (χ0n) is 9.65. The average Bonchev–Trinajstić information content (AvgIpc) is 2.99. The molecular formula is C10H7N5O2S2. The smallest absolute Gasteiger partial charge is 0.336 e. The van der Waals surface area contributed by atoms with E-state index in [1.54, 1.807) is 0 Å². The lowest BCUT2D eigenvalue weighted by atomic mass is 10.3. The van der Waals surface area contributed by atoms with Gasteiger partial charge in [-0.3, -0.25) is 10.1 Å². The van der Waals surface area contributed by atoms with Gasteiger partial charge < -0.3 is 5.32 Å². The van der Waals surface area contributed by atoms with E-state index in [1.165, 1.54) is 23.7 Å². The molecule has 7 nitrogen and oxygen atoms in total. The van der Waals surface area contributed by atoms with Gasteiger partial charge in [-0.25, -0.2) is 9.97 Å². The second-order valence-electron chi connectivity index (χ2n) is 3.37. The van der Waals surface area contributed by atoms with Gasteiger partial charge in [0.2, 0.25) is 0 Å². The number of aromatic nitrogens is 2. The van der Waals surface area contributed by atoms with Crippen molar-refractivity contribution < 1.29 is 4.92 Å². The first-order chi connectivity index (χ1) is 9.10. The molecule has 96 valence electrons. The van der Waals surface area contributed by atoms with Crippen LogP contribution >= 0.6 is 22.7 Å². The fourth-order valence-corrected chi connectivity index (χ4v) is 2.53. The minimum Gasteiger partial charge on any atom is -0.336 e. The van der Waals surface area contributed by atoms with Crippen LogP contribution in [0.1, 0.15) is 10.7 Å². The Labute approximate surface area is 116 Å². The molecule has 0 unspecified atom stereocenters. The van der Waals surface area contributed by atoms with Crippen molar-refractivity contribution in [2.75, 3.05) is 5.32 Å². The maximum Gasteiger partial charge on any atom is 0.345 e. The lowest BCUT2D eigenvalue weighted by molar-refractivity contribution is -0.380. The second kappa shape index (κ2) is 5.55. The number of allylic oxidation sites excluding steroid dienone is 1. The lowest BCUT2D eigenvalue weighted by Gasteiger charge is -1.94. The molecule has 0 aliphatic carbocycles.